The molecule has 2 heterocycles. The standard InChI is InChI=1S/C21H27N5O4S/c1-13(2)19-11-17(18-12-22-26(14(3)4)20(18)24-19)21(27)23-15-7-9-16(10-8-15)31(28,29)25(5)30-6/h7-14H,1-6H3,(H,23,27). The van der Waals surface area contributed by atoms with Crippen molar-refractivity contribution in [3.8, 4) is 0 Å². The van der Waals surface area contributed by atoms with Gasteiger partial charge in [-0.15, -0.1) is 0 Å². The highest BCUT2D eigenvalue weighted by Gasteiger charge is 2.22. The highest BCUT2D eigenvalue weighted by molar-refractivity contribution is 7.89. The summed E-state index contributed by atoms with van der Waals surface area (Å²) in [6.45, 7) is 8.04. The van der Waals surface area contributed by atoms with Gasteiger partial charge in [0.05, 0.1) is 29.2 Å². The summed E-state index contributed by atoms with van der Waals surface area (Å²) in [5.74, 6) is -0.184. The topological polar surface area (TPSA) is 106 Å². The second-order valence-corrected chi connectivity index (χ2v) is 9.68. The van der Waals surface area contributed by atoms with Gasteiger partial charge in [-0.3, -0.25) is 9.63 Å². The average molecular weight is 446 g/mol. The second kappa shape index (κ2) is 8.74. The molecule has 0 atom stereocenters. The Morgan fingerprint density at radius 3 is 2.35 bits per heavy atom. The van der Waals surface area contributed by atoms with Crippen LogP contribution in [0.1, 0.15) is 55.7 Å². The molecule has 0 aliphatic rings. The Kier molecular flexibility index (Phi) is 6.44. The smallest absolute Gasteiger partial charge is 0.264 e. The number of nitrogens with zero attached hydrogens (tertiary/aromatic N) is 4. The zero-order valence-corrected chi connectivity index (χ0v) is 19.3. The van der Waals surface area contributed by atoms with Crippen LogP contribution in [0.4, 0.5) is 5.69 Å². The Morgan fingerprint density at radius 1 is 1.16 bits per heavy atom. The molecule has 0 aliphatic heterocycles. The number of benzene rings is 1. The van der Waals surface area contributed by atoms with Crippen molar-refractivity contribution in [3.05, 3.63) is 47.8 Å². The fourth-order valence-corrected chi connectivity index (χ4v) is 4.03. The molecule has 31 heavy (non-hydrogen) atoms. The van der Waals surface area contributed by atoms with E-state index in [-0.39, 0.29) is 22.8 Å². The lowest BCUT2D eigenvalue weighted by atomic mass is 10.0. The van der Waals surface area contributed by atoms with Crippen LogP contribution in [-0.2, 0) is 14.9 Å². The summed E-state index contributed by atoms with van der Waals surface area (Å²) >= 11 is 0. The molecule has 0 unspecified atom stereocenters. The molecule has 0 fully saturated rings. The SMILES string of the molecule is CON(C)S(=O)(=O)c1ccc(NC(=O)c2cc(C(C)C)nc3c2cnn3C(C)C)cc1. The zero-order valence-electron chi connectivity index (χ0n) is 18.4. The molecular formula is C21H27N5O4S. The number of carbonyl (C=O) groups is 1. The Morgan fingerprint density at radius 2 is 1.81 bits per heavy atom. The number of fused-ring (bicyclic) bond motifs is 1. The maximum Gasteiger partial charge on any atom is 0.264 e. The van der Waals surface area contributed by atoms with Crippen molar-refractivity contribution in [2.75, 3.05) is 19.5 Å². The number of amides is 1. The molecule has 10 heteroatoms. The van der Waals surface area contributed by atoms with Gasteiger partial charge < -0.3 is 5.32 Å². The first-order chi connectivity index (χ1) is 14.6. The first-order valence-corrected chi connectivity index (χ1v) is 11.3. The lowest BCUT2D eigenvalue weighted by Crippen LogP contribution is -2.25. The summed E-state index contributed by atoms with van der Waals surface area (Å²) in [6.07, 6.45) is 1.65. The molecular weight excluding hydrogens is 418 g/mol. The number of pyridine rings is 1. The van der Waals surface area contributed by atoms with Crippen molar-refractivity contribution < 1.29 is 18.0 Å². The van der Waals surface area contributed by atoms with Gasteiger partial charge in [0.2, 0.25) is 0 Å². The van der Waals surface area contributed by atoms with Crippen LogP contribution < -0.4 is 5.32 Å². The minimum atomic E-state index is -3.76. The van der Waals surface area contributed by atoms with E-state index in [1.165, 1.54) is 38.4 Å². The predicted molar refractivity (Wildman–Crippen MR) is 118 cm³/mol. The van der Waals surface area contributed by atoms with E-state index >= 15 is 0 Å². The average Bonchev–Trinajstić information content (AvgIpc) is 3.17. The molecule has 2 aromatic heterocycles. The molecule has 1 N–H and O–H groups in total. The molecule has 1 aromatic carbocycles. The quantitative estimate of drug-likeness (QED) is 0.557. The lowest BCUT2D eigenvalue weighted by molar-refractivity contribution is -0.0258. The van der Waals surface area contributed by atoms with Crippen LogP contribution in [0.2, 0.25) is 0 Å². The number of anilines is 1. The van der Waals surface area contributed by atoms with E-state index in [1.807, 2.05) is 27.7 Å². The van der Waals surface area contributed by atoms with Gasteiger partial charge in [-0.05, 0) is 50.1 Å². The Bertz CT molecular complexity index is 1200. The normalized spacial score (nSPS) is 12.3. The van der Waals surface area contributed by atoms with Crippen molar-refractivity contribution >= 4 is 32.7 Å². The summed E-state index contributed by atoms with van der Waals surface area (Å²) < 4.78 is 27.2. The zero-order chi connectivity index (χ0) is 22.9. The van der Waals surface area contributed by atoms with Gasteiger partial charge in [0.15, 0.2) is 5.65 Å². The van der Waals surface area contributed by atoms with Crippen molar-refractivity contribution in [1.29, 1.82) is 0 Å². The van der Waals surface area contributed by atoms with Gasteiger partial charge in [-0.25, -0.2) is 18.1 Å². The van der Waals surface area contributed by atoms with E-state index in [0.717, 1.165) is 10.2 Å². The lowest BCUT2D eigenvalue weighted by Gasteiger charge is -2.15. The molecule has 0 saturated heterocycles. The van der Waals surface area contributed by atoms with Crippen LogP contribution in [0.3, 0.4) is 0 Å². The van der Waals surface area contributed by atoms with Crippen LogP contribution in [0.5, 0.6) is 0 Å². The number of hydrogen-bond donors (Lipinski definition) is 1. The van der Waals surface area contributed by atoms with Gasteiger partial charge in [-0.2, -0.15) is 5.10 Å². The van der Waals surface area contributed by atoms with Gasteiger partial charge in [0.1, 0.15) is 0 Å². The molecule has 0 saturated carbocycles. The van der Waals surface area contributed by atoms with E-state index in [1.54, 1.807) is 16.9 Å². The number of carbonyl (C=O) groups excluding carboxylic acids is 1. The minimum absolute atomic E-state index is 0.0569. The Labute approximate surface area is 182 Å². The van der Waals surface area contributed by atoms with Crippen LogP contribution in [-0.4, -0.2) is 47.7 Å². The second-order valence-electron chi connectivity index (χ2n) is 7.75. The fourth-order valence-electron chi connectivity index (χ4n) is 3.05. The molecule has 0 bridgehead atoms. The molecule has 9 nitrogen and oxygen atoms in total. The predicted octanol–water partition coefficient (Wildman–Crippen LogP) is 3.57. The first-order valence-electron chi connectivity index (χ1n) is 9.88. The van der Waals surface area contributed by atoms with Crippen molar-refractivity contribution in [1.82, 2.24) is 19.2 Å². The van der Waals surface area contributed by atoms with Crippen molar-refractivity contribution in [2.24, 2.45) is 0 Å². The van der Waals surface area contributed by atoms with Crippen molar-refractivity contribution in [2.45, 2.75) is 44.6 Å². The van der Waals surface area contributed by atoms with E-state index in [0.29, 0.717) is 22.3 Å². The number of nitrogens with one attached hydrogen (secondary N) is 1. The number of hydroxylamine groups is 1. The third-order valence-corrected chi connectivity index (χ3v) is 6.61. The summed E-state index contributed by atoms with van der Waals surface area (Å²) in [7, 11) is -1.18. The molecule has 0 radical (unpaired) electrons. The maximum atomic E-state index is 13.1. The van der Waals surface area contributed by atoms with E-state index in [9.17, 15) is 13.2 Å². The maximum absolute atomic E-state index is 13.1. The fraction of sp³-hybridized carbons (Fsp3) is 0.381. The largest absolute Gasteiger partial charge is 0.322 e. The molecule has 3 aromatic rings. The minimum Gasteiger partial charge on any atom is -0.322 e. The number of sulfonamides is 1. The van der Waals surface area contributed by atoms with Crippen LogP contribution in [0.15, 0.2) is 41.4 Å². The van der Waals surface area contributed by atoms with E-state index < -0.39 is 10.0 Å². The summed E-state index contributed by atoms with van der Waals surface area (Å²) in [5, 5.41) is 7.90. The number of aromatic nitrogens is 3. The van der Waals surface area contributed by atoms with Crippen LogP contribution in [0.25, 0.3) is 11.0 Å². The summed E-state index contributed by atoms with van der Waals surface area (Å²) in [5.41, 5.74) is 2.40. The number of hydrogen-bond acceptors (Lipinski definition) is 6. The van der Waals surface area contributed by atoms with Gasteiger partial charge >= 0.3 is 0 Å². The molecule has 3 rings (SSSR count). The molecule has 166 valence electrons. The van der Waals surface area contributed by atoms with Gasteiger partial charge in [0, 0.05) is 24.5 Å². The van der Waals surface area contributed by atoms with E-state index in [4.69, 9.17) is 9.82 Å². The monoisotopic (exact) mass is 445 g/mol. The van der Waals surface area contributed by atoms with Crippen LogP contribution >= 0.6 is 0 Å². The first kappa shape index (κ1) is 22.9. The van der Waals surface area contributed by atoms with Gasteiger partial charge in [0.25, 0.3) is 15.9 Å². The highest BCUT2D eigenvalue weighted by atomic mass is 32.2. The third kappa shape index (κ3) is 4.46. The highest BCUT2D eigenvalue weighted by Crippen LogP contribution is 2.25. The molecule has 0 aliphatic carbocycles. The Balaban J connectivity index is 1.95. The Hall–Kier alpha value is -2.82. The summed E-state index contributed by atoms with van der Waals surface area (Å²) in [6, 6.07) is 7.78. The third-order valence-electron chi connectivity index (χ3n) is 4.92. The molecule has 0 spiro atoms. The van der Waals surface area contributed by atoms with E-state index in [2.05, 4.69) is 10.4 Å². The van der Waals surface area contributed by atoms with Crippen LogP contribution in [0, 0.1) is 0 Å². The number of rotatable bonds is 7. The molecule has 1 amide bonds. The summed E-state index contributed by atoms with van der Waals surface area (Å²) in [4.78, 5) is 22.6. The van der Waals surface area contributed by atoms with Crippen molar-refractivity contribution in [3.63, 3.8) is 0 Å². The van der Waals surface area contributed by atoms with Gasteiger partial charge in [-0.1, -0.05) is 18.3 Å².